The number of fused-ring (bicyclic) bond motifs is 1. The summed E-state index contributed by atoms with van der Waals surface area (Å²) in [7, 11) is 1.62. The minimum absolute atomic E-state index is 0.0698. The molecule has 1 N–H and O–H groups in total. The van der Waals surface area contributed by atoms with Crippen LogP contribution in [0.4, 0.5) is 0 Å². The zero-order valence-corrected chi connectivity index (χ0v) is 10.5. The molecular weight excluding hydrogens is 218 g/mol. The Kier molecular flexibility index (Phi) is 3.86. The normalized spacial score (nSPS) is 22.1. The van der Waals surface area contributed by atoms with Crippen molar-refractivity contribution in [2.45, 2.75) is 32.4 Å². The number of hydrogen-bond donors (Lipinski definition) is 1. The summed E-state index contributed by atoms with van der Waals surface area (Å²) in [6.07, 6.45) is 1.04. The van der Waals surface area contributed by atoms with Gasteiger partial charge in [-0.3, -0.25) is 0 Å². The Labute approximate surface area is 102 Å². The second-order valence-electron chi connectivity index (χ2n) is 4.00. The van der Waals surface area contributed by atoms with E-state index in [-0.39, 0.29) is 12.1 Å². The average molecular weight is 237 g/mol. The number of hydrogen-bond acceptors (Lipinski definition) is 4. The highest BCUT2D eigenvalue weighted by Crippen LogP contribution is 2.39. The first-order chi connectivity index (χ1) is 8.30. The van der Waals surface area contributed by atoms with Gasteiger partial charge < -0.3 is 14.3 Å². The van der Waals surface area contributed by atoms with Crippen molar-refractivity contribution in [3.63, 3.8) is 0 Å². The van der Waals surface area contributed by atoms with Gasteiger partial charge in [0.25, 0.3) is 0 Å². The minimum Gasteiger partial charge on any atom is -0.494 e. The van der Waals surface area contributed by atoms with Gasteiger partial charge >= 0.3 is 0 Å². The first-order valence-corrected chi connectivity index (χ1v) is 6.02. The lowest BCUT2D eigenvalue weighted by molar-refractivity contribution is 0.0283. The molecule has 0 radical (unpaired) electrons. The molecule has 0 bridgehead atoms. The van der Waals surface area contributed by atoms with Gasteiger partial charge in [-0.1, -0.05) is 6.92 Å². The summed E-state index contributed by atoms with van der Waals surface area (Å²) in [5.74, 6) is 1.78. The Bertz CT molecular complexity index is 381. The van der Waals surface area contributed by atoms with Crippen LogP contribution in [0.3, 0.4) is 0 Å². The number of ether oxygens (including phenoxy) is 2. The highest BCUT2D eigenvalue weighted by molar-refractivity contribution is 5.45. The van der Waals surface area contributed by atoms with Gasteiger partial charge in [0.05, 0.1) is 19.8 Å². The fraction of sp³-hybridized carbons (Fsp3) is 0.538. The van der Waals surface area contributed by atoms with Gasteiger partial charge in [-0.25, -0.2) is 0 Å². The molecule has 0 saturated heterocycles. The van der Waals surface area contributed by atoms with Crippen molar-refractivity contribution in [3.8, 4) is 11.5 Å². The molecule has 0 aromatic heterocycles. The first kappa shape index (κ1) is 12.2. The topological polar surface area (TPSA) is 39.7 Å². The third-order valence-corrected chi connectivity index (χ3v) is 2.92. The summed E-state index contributed by atoms with van der Waals surface area (Å²) in [6.45, 7) is 4.74. The van der Waals surface area contributed by atoms with Gasteiger partial charge in [-0.2, -0.15) is 5.48 Å². The molecule has 2 atom stereocenters. The van der Waals surface area contributed by atoms with Crippen LogP contribution in [0.25, 0.3) is 0 Å². The molecule has 0 spiro atoms. The number of nitrogens with one attached hydrogen (secondary N) is 1. The van der Waals surface area contributed by atoms with Crippen LogP contribution >= 0.6 is 0 Å². The fourth-order valence-electron chi connectivity index (χ4n) is 2.15. The SMILES string of the molecule is CCOc1ccc2c(c1)C(NOC)C(CC)O2. The molecule has 1 aromatic rings. The van der Waals surface area contributed by atoms with E-state index in [0.29, 0.717) is 6.61 Å². The average Bonchev–Trinajstić information content (AvgIpc) is 2.68. The molecule has 17 heavy (non-hydrogen) atoms. The van der Waals surface area contributed by atoms with Crippen molar-refractivity contribution >= 4 is 0 Å². The third kappa shape index (κ3) is 2.37. The van der Waals surface area contributed by atoms with Crippen molar-refractivity contribution in [2.24, 2.45) is 0 Å². The van der Waals surface area contributed by atoms with Crippen molar-refractivity contribution in [1.29, 1.82) is 0 Å². The summed E-state index contributed by atoms with van der Waals surface area (Å²) in [4.78, 5) is 5.04. The van der Waals surface area contributed by atoms with Gasteiger partial charge in [0.15, 0.2) is 0 Å². The Morgan fingerprint density at radius 1 is 1.35 bits per heavy atom. The number of benzene rings is 1. The highest BCUT2D eigenvalue weighted by Gasteiger charge is 2.33. The predicted octanol–water partition coefficient (Wildman–Crippen LogP) is 2.45. The molecular formula is C13H19NO3. The molecule has 0 aliphatic carbocycles. The van der Waals surface area contributed by atoms with Crippen molar-refractivity contribution in [3.05, 3.63) is 23.8 Å². The predicted molar refractivity (Wildman–Crippen MR) is 65.2 cm³/mol. The standard InChI is InChI=1S/C13H19NO3/c1-4-11-13(14-15-3)10-8-9(16-5-2)6-7-12(10)17-11/h6-8,11,13-14H,4-5H2,1-3H3. The summed E-state index contributed by atoms with van der Waals surface area (Å²) in [6, 6.07) is 5.98. The lowest BCUT2D eigenvalue weighted by Gasteiger charge is -2.17. The Morgan fingerprint density at radius 3 is 2.82 bits per heavy atom. The lowest BCUT2D eigenvalue weighted by Crippen LogP contribution is -2.29. The molecule has 2 unspecified atom stereocenters. The van der Waals surface area contributed by atoms with E-state index in [1.54, 1.807) is 7.11 Å². The number of hydroxylamine groups is 1. The highest BCUT2D eigenvalue weighted by atomic mass is 16.6. The largest absolute Gasteiger partial charge is 0.494 e. The second kappa shape index (κ2) is 5.38. The van der Waals surface area contributed by atoms with Crippen molar-refractivity contribution in [2.75, 3.05) is 13.7 Å². The van der Waals surface area contributed by atoms with Crippen LogP contribution in [0.15, 0.2) is 18.2 Å². The molecule has 1 aromatic carbocycles. The summed E-state index contributed by atoms with van der Waals surface area (Å²) >= 11 is 0. The van der Waals surface area contributed by atoms with Gasteiger partial charge in [-0.15, -0.1) is 0 Å². The fourth-order valence-corrected chi connectivity index (χ4v) is 2.15. The van der Waals surface area contributed by atoms with E-state index in [0.717, 1.165) is 23.5 Å². The molecule has 1 aliphatic heterocycles. The smallest absolute Gasteiger partial charge is 0.125 e. The Hall–Kier alpha value is -1.26. The van der Waals surface area contributed by atoms with E-state index in [2.05, 4.69) is 12.4 Å². The lowest BCUT2D eigenvalue weighted by atomic mass is 10.0. The summed E-state index contributed by atoms with van der Waals surface area (Å²) < 4.78 is 11.4. The Morgan fingerprint density at radius 2 is 2.18 bits per heavy atom. The molecule has 94 valence electrons. The zero-order valence-electron chi connectivity index (χ0n) is 10.5. The molecule has 0 amide bonds. The van der Waals surface area contributed by atoms with Gasteiger partial charge in [0.2, 0.25) is 0 Å². The van der Waals surface area contributed by atoms with Crippen molar-refractivity contribution in [1.82, 2.24) is 5.48 Å². The van der Waals surface area contributed by atoms with Gasteiger partial charge in [0.1, 0.15) is 17.6 Å². The van der Waals surface area contributed by atoms with E-state index in [1.807, 2.05) is 25.1 Å². The molecule has 0 saturated carbocycles. The van der Waals surface area contributed by atoms with E-state index >= 15 is 0 Å². The van der Waals surface area contributed by atoms with Crippen LogP contribution in [0.2, 0.25) is 0 Å². The second-order valence-corrected chi connectivity index (χ2v) is 4.00. The molecule has 4 heteroatoms. The van der Waals surface area contributed by atoms with E-state index in [4.69, 9.17) is 14.3 Å². The Balaban J connectivity index is 2.27. The third-order valence-electron chi connectivity index (χ3n) is 2.92. The zero-order chi connectivity index (χ0) is 12.3. The van der Waals surface area contributed by atoms with Crippen molar-refractivity contribution < 1.29 is 14.3 Å². The quantitative estimate of drug-likeness (QED) is 0.798. The maximum Gasteiger partial charge on any atom is 0.125 e. The van der Waals surface area contributed by atoms with Crippen LogP contribution < -0.4 is 15.0 Å². The van der Waals surface area contributed by atoms with Gasteiger partial charge in [0, 0.05) is 5.56 Å². The van der Waals surface area contributed by atoms with Crippen LogP contribution in [0.5, 0.6) is 11.5 Å². The van der Waals surface area contributed by atoms with E-state index < -0.39 is 0 Å². The maximum absolute atomic E-state index is 5.86. The summed E-state index contributed by atoms with van der Waals surface area (Å²) in [5.41, 5.74) is 4.09. The van der Waals surface area contributed by atoms with Gasteiger partial charge in [-0.05, 0) is 31.5 Å². The van der Waals surface area contributed by atoms with Crippen LogP contribution in [0, 0.1) is 0 Å². The first-order valence-electron chi connectivity index (χ1n) is 6.02. The maximum atomic E-state index is 5.86. The van der Waals surface area contributed by atoms with Crippen LogP contribution in [-0.2, 0) is 4.84 Å². The molecule has 2 rings (SSSR count). The molecule has 1 aliphatic rings. The molecule has 0 fully saturated rings. The minimum atomic E-state index is 0.0698. The van der Waals surface area contributed by atoms with Crippen LogP contribution in [-0.4, -0.2) is 19.8 Å². The number of rotatable bonds is 5. The monoisotopic (exact) mass is 237 g/mol. The van der Waals surface area contributed by atoms with E-state index in [1.165, 1.54) is 0 Å². The molecule has 4 nitrogen and oxygen atoms in total. The molecule has 1 heterocycles. The van der Waals surface area contributed by atoms with E-state index in [9.17, 15) is 0 Å². The summed E-state index contributed by atoms with van der Waals surface area (Å²) in [5, 5.41) is 0. The van der Waals surface area contributed by atoms with Crippen LogP contribution in [0.1, 0.15) is 31.9 Å².